The number of aliphatic hydroxyl groups is 2. The highest BCUT2D eigenvalue weighted by atomic mass is 16.3. The molecule has 0 radical (unpaired) electrons. The molecule has 0 atom stereocenters. The van der Waals surface area contributed by atoms with Crippen molar-refractivity contribution in [1.82, 2.24) is 0 Å². The van der Waals surface area contributed by atoms with Gasteiger partial charge in [0.15, 0.2) is 0 Å². The topological polar surface area (TPSA) is 92.5 Å². The predicted octanol–water partition coefficient (Wildman–Crippen LogP) is 0.215. The van der Waals surface area contributed by atoms with Crippen molar-refractivity contribution in [3.05, 3.63) is 0 Å². The van der Waals surface area contributed by atoms with Gasteiger partial charge in [0.25, 0.3) is 0 Å². The molecule has 0 heterocycles. The van der Waals surface area contributed by atoms with E-state index in [4.69, 9.17) is 21.7 Å². The Labute approximate surface area is 87.3 Å². The Bertz CT molecular complexity index is 64.5. The van der Waals surface area contributed by atoms with Crippen molar-refractivity contribution >= 4 is 0 Å². The lowest BCUT2D eigenvalue weighted by Gasteiger charge is -1.91. The smallest absolute Gasteiger partial charge is 0.0431 e. The second-order valence-electron chi connectivity index (χ2n) is 3.15. The van der Waals surface area contributed by atoms with Crippen molar-refractivity contribution in [2.75, 3.05) is 26.3 Å². The molecule has 88 valence electrons. The molecule has 0 saturated heterocycles. The first-order valence-corrected chi connectivity index (χ1v) is 5.45. The molecule has 0 aliphatic rings. The van der Waals surface area contributed by atoms with Crippen LogP contribution in [0.3, 0.4) is 0 Å². The van der Waals surface area contributed by atoms with E-state index in [0.717, 1.165) is 45.2 Å². The Kier molecular flexibility index (Phi) is 21.6. The lowest BCUT2D eigenvalue weighted by Crippen LogP contribution is -2.02. The molecule has 0 aromatic rings. The van der Waals surface area contributed by atoms with E-state index in [1.807, 2.05) is 0 Å². The van der Waals surface area contributed by atoms with Gasteiger partial charge in [-0.25, -0.2) is 0 Å². The Morgan fingerprint density at radius 2 is 0.929 bits per heavy atom. The van der Waals surface area contributed by atoms with Crippen molar-refractivity contribution in [1.29, 1.82) is 0 Å². The third kappa shape index (κ3) is 22.6. The quantitative estimate of drug-likeness (QED) is 0.427. The molecule has 0 aliphatic heterocycles. The van der Waals surface area contributed by atoms with Gasteiger partial charge in [-0.15, -0.1) is 0 Å². The fraction of sp³-hybridized carbons (Fsp3) is 1.00. The minimum Gasteiger partial charge on any atom is -0.396 e. The average molecular weight is 206 g/mol. The van der Waals surface area contributed by atoms with E-state index in [-0.39, 0.29) is 13.2 Å². The SMILES string of the molecule is NCCCCCN.OCCCCCO. The second-order valence-corrected chi connectivity index (χ2v) is 3.15. The first-order chi connectivity index (χ1) is 6.83. The van der Waals surface area contributed by atoms with E-state index in [2.05, 4.69) is 0 Å². The van der Waals surface area contributed by atoms with Gasteiger partial charge < -0.3 is 21.7 Å². The molecule has 14 heavy (non-hydrogen) atoms. The highest BCUT2D eigenvalue weighted by Crippen LogP contribution is 1.90. The van der Waals surface area contributed by atoms with Gasteiger partial charge in [0.05, 0.1) is 0 Å². The lowest BCUT2D eigenvalue weighted by atomic mass is 10.2. The van der Waals surface area contributed by atoms with Gasteiger partial charge in [0.2, 0.25) is 0 Å². The summed E-state index contributed by atoms with van der Waals surface area (Å²) in [5.41, 5.74) is 10.5. The van der Waals surface area contributed by atoms with Crippen LogP contribution in [0.1, 0.15) is 38.5 Å². The lowest BCUT2D eigenvalue weighted by molar-refractivity contribution is 0.257. The zero-order chi connectivity index (χ0) is 11.1. The summed E-state index contributed by atoms with van der Waals surface area (Å²) < 4.78 is 0. The molecule has 0 rings (SSSR count). The predicted molar refractivity (Wildman–Crippen MR) is 60.0 cm³/mol. The van der Waals surface area contributed by atoms with E-state index >= 15 is 0 Å². The zero-order valence-corrected chi connectivity index (χ0v) is 9.12. The minimum atomic E-state index is 0.250. The second kappa shape index (κ2) is 18.6. The molecular formula is C10H26N2O2. The van der Waals surface area contributed by atoms with Crippen LogP contribution in [0.4, 0.5) is 0 Å². The standard InChI is InChI=1S/C5H14N2.C5H12O2/c2*6-4-2-1-3-5-7/h1-7H2;6-7H,1-5H2. The molecule has 0 bridgehead atoms. The van der Waals surface area contributed by atoms with Crippen molar-refractivity contribution in [2.24, 2.45) is 11.5 Å². The van der Waals surface area contributed by atoms with Gasteiger partial charge >= 0.3 is 0 Å². The Morgan fingerprint density at radius 1 is 0.571 bits per heavy atom. The van der Waals surface area contributed by atoms with Gasteiger partial charge in [0, 0.05) is 13.2 Å². The zero-order valence-electron chi connectivity index (χ0n) is 9.12. The number of nitrogens with two attached hydrogens (primary N) is 2. The first-order valence-electron chi connectivity index (χ1n) is 5.45. The highest BCUT2D eigenvalue weighted by molar-refractivity contribution is 4.41. The Morgan fingerprint density at radius 3 is 1.21 bits per heavy atom. The van der Waals surface area contributed by atoms with E-state index < -0.39 is 0 Å². The molecule has 4 heteroatoms. The monoisotopic (exact) mass is 206 g/mol. The summed E-state index contributed by atoms with van der Waals surface area (Å²) in [6.07, 6.45) is 6.01. The van der Waals surface area contributed by atoms with Gasteiger partial charge in [-0.2, -0.15) is 0 Å². The van der Waals surface area contributed by atoms with Crippen LogP contribution < -0.4 is 11.5 Å². The van der Waals surface area contributed by atoms with Crippen LogP contribution in [0.25, 0.3) is 0 Å². The summed E-state index contributed by atoms with van der Waals surface area (Å²) in [5.74, 6) is 0. The Hall–Kier alpha value is -0.160. The number of hydrogen-bond acceptors (Lipinski definition) is 4. The number of hydrogen-bond donors (Lipinski definition) is 4. The molecule has 0 aromatic carbocycles. The molecular weight excluding hydrogens is 180 g/mol. The maximum Gasteiger partial charge on any atom is 0.0431 e. The molecule has 6 N–H and O–H groups in total. The van der Waals surface area contributed by atoms with Crippen LogP contribution in [0, 0.1) is 0 Å². The fourth-order valence-electron chi connectivity index (χ4n) is 0.866. The molecule has 4 nitrogen and oxygen atoms in total. The molecule has 0 fully saturated rings. The first kappa shape index (κ1) is 16.3. The molecule has 0 unspecified atom stereocenters. The Balaban J connectivity index is 0. The van der Waals surface area contributed by atoms with Gasteiger partial charge in [0.1, 0.15) is 0 Å². The summed E-state index contributed by atoms with van der Waals surface area (Å²) >= 11 is 0. The third-order valence-electron chi connectivity index (χ3n) is 1.72. The number of rotatable bonds is 8. The van der Waals surface area contributed by atoms with Crippen LogP contribution in [0.2, 0.25) is 0 Å². The van der Waals surface area contributed by atoms with Crippen molar-refractivity contribution in [2.45, 2.75) is 38.5 Å². The normalized spacial score (nSPS) is 9.43. The van der Waals surface area contributed by atoms with E-state index in [1.54, 1.807) is 0 Å². The summed E-state index contributed by atoms with van der Waals surface area (Å²) in [7, 11) is 0. The molecule has 0 aromatic heterocycles. The maximum absolute atomic E-state index is 8.21. The van der Waals surface area contributed by atoms with Crippen LogP contribution in [-0.4, -0.2) is 36.5 Å². The van der Waals surface area contributed by atoms with Gasteiger partial charge in [-0.05, 0) is 45.2 Å². The van der Waals surface area contributed by atoms with E-state index in [1.165, 1.54) is 6.42 Å². The summed E-state index contributed by atoms with van der Waals surface area (Å²) in [5, 5.41) is 16.4. The summed E-state index contributed by atoms with van der Waals surface area (Å²) in [4.78, 5) is 0. The van der Waals surface area contributed by atoms with E-state index in [9.17, 15) is 0 Å². The van der Waals surface area contributed by atoms with Crippen molar-refractivity contribution in [3.8, 4) is 0 Å². The van der Waals surface area contributed by atoms with Crippen LogP contribution in [0.15, 0.2) is 0 Å². The van der Waals surface area contributed by atoms with Crippen LogP contribution in [-0.2, 0) is 0 Å². The molecule has 0 amide bonds. The summed E-state index contributed by atoms with van der Waals surface area (Å²) in [6, 6.07) is 0. The van der Waals surface area contributed by atoms with E-state index in [0.29, 0.717) is 0 Å². The molecule has 0 spiro atoms. The van der Waals surface area contributed by atoms with Crippen molar-refractivity contribution < 1.29 is 10.2 Å². The fourth-order valence-corrected chi connectivity index (χ4v) is 0.866. The number of unbranched alkanes of at least 4 members (excludes halogenated alkanes) is 4. The maximum atomic E-state index is 8.21. The average Bonchev–Trinajstić information content (AvgIpc) is 2.21. The summed E-state index contributed by atoms with van der Waals surface area (Å²) in [6.45, 7) is 2.11. The van der Waals surface area contributed by atoms with Crippen molar-refractivity contribution in [3.63, 3.8) is 0 Å². The van der Waals surface area contributed by atoms with Crippen LogP contribution >= 0.6 is 0 Å². The molecule has 0 aliphatic carbocycles. The van der Waals surface area contributed by atoms with Gasteiger partial charge in [-0.3, -0.25) is 0 Å². The van der Waals surface area contributed by atoms with Crippen LogP contribution in [0.5, 0.6) is 0 Å². The highest BCUT2D eigenvalue weighted by Gasteiger charge is 1.81. The number of aliphatic hydroxyl groups excluding tert-OH is 2. The third-order valence-corrected chi connectivity index (χ3v) is 1.72. The minimum absolute atomic E-state index is 0.250. The largest absolute Gasteiger partial charge is 0.396 e. The molecule has 0 saturated carbocycles. The van der Waals surface area contributed by atoms with Gasteiger partial charge in [-0.1, -0.05) is 6.42 Å².